The van der Waals surface area contributed by atoms with Crippen molar-refractivity contribution in [2.75, 3.05) is 20.3 Å². The number of nitrogens with one attached hydrogen (secondary N) is 1. The summed E-state index contributed by atoms with van der Waals surface area (Å²) in [6.45, 7) is 3.83. The Balaban J connectivity index is 1.79. The van der Waals surface area contributed by atoms with Crippen LogP contribution in [0.25, 0.3) is 0 Å². The molecule has 0 spiro atoms. The highest BCUT2D eigenvalue weighted by Crippen LogP contribution is 2.22. The van der Waals surface area contributed by atoms with E-state index in [9.17, 15) is 4.39 Å². The van der Waals surface area contributed by atoms with Crippen LogP contribution in [0.15, 0.2) is 18.2 Å². The van der Waals surface area contributed by atoms with Gasteiger partial charge in [0.25, 0.3) is 0 Å². The Hall–Kier alpha value is -1.13. The van der Waals surface area contributed by atoms with Gasteiger partial charge in [0.15, 0.2) is 11.6 Å². The lowest BCUT2D eigenvalue weighted by Gasteiger charge is -2.23. The molecule has 0 radical (unpaired) electrons. The number of benzene rings is 1. The number of hydrogen-bond acceptors (Lipinski definition) is 3. The maximum absolute atomic E-state index is 13.7. The number of methoxy groups -OCH3 is 1. The van der Waals surface area contributed by atoms with E-state index >= 15 is 0 Å². The molecule has 112 valence electrons. The van der Waals surface area contributed by atoms with Crippen LogP contribution in [0.5, 0.6) is 5.75 Å². The van der Waals surface area contributed by atoms with E-state index in [2.05, 4.69) is 5.32 Å². The van der Waals surface area contributed by atoms with Gasteiger partial charge in [0.2, 0.25) is 0 Å². The molecule has 0 aromatic heterocycles. The number of hydrogen-bond donors (Lipinski definition) is 1. The number of rotatable bonds is 6. The zero-order valence-electron chi connectivity index (χ0n) is 12.3. The molecule has 1 aromatic carbocycles. The molecule has 0 bridgehead atoms. The van der Waals surface area contributed by atoms with Gasteiger partial charge in [0.05, 0.1) is 13.2 Å². The van der Waals surface area contributed by atoms with Crippen molar-refractivity contribution in [3.05, 3.63) is 29.6 Å². The zero-order chi connectivity index (χ0) is 14.4. The summed E-state index contributed by atoms with van der Waals surface area (Å²) in [5.41, 5.74) is 0.938. The monoisotopic (exact) mass is 281 g/mol. The van der Waals surface area contributed by atoms with Crippen LogP contribution >= 0.6 is 0 Å². The van der Waals surface area contributed by atoms with E-state index in [1.807, 2.05) is 13.0 Å². The number of ether oxygens (including phenoxy) is 2. The van der Waals surface area contributed by atoms with Gasteiger partial charge in [-0.15, -0.1) is 0 Å². The molecule has 1 aromatic rings. The minimum Gasteiger partial charge on any atom is -0.494 e. The normalized spacial score (nSPS) is 20.6. The molecule has 0 saturated carbocycles. The third-order valence-electron chi connectivity index (χ3n) is 3.87. The Kier molecular flexibility index (Phi) is 5.80. The second-order valence-electron chi connectivity index (χ2n) is 5.35. The van der Waals surface area contributed by atoms with Gasteiger partial charge >= 0.3 is 0 Å². The largest absolute Gasteiger partial charge is 0.494 e. The van der Waals surface area contributed by atoms with Gasteiger partial charge < -0.3 is 14.8 Å². The van der Waals surface area contributed by atoms with E-state index in [-0.39, 0.29) is 17.6 Å². The van der Waals surface area contributed by atoms with E-state index in [1.54, 1.807) is 6.07 Å². The van der Waals surface area contributed by atoms with E-state index < -0.39 is 0 Å². The van der Waals surface area contributed by atoms with Gasteiger partial charge in [-0.2, -0.15) is 0 Å². The molecule has 1 heterocycles. The third-order valence-corrected chi connectivity index (χ3v) is 3.87. The van der Waals surface area contributed by atoms with Crippen LogP contribution in [0.2, 0.25) is 0 Å². The van der Waals surface area contributed by atoms with Crippen molar-refractivity contribution in [2.24, 2.45) is 0 Å². The summed E-state index contributed by atoms with van der Waals surface area (Å²) in [5, 5.41) is 3.42. The first-order chi connectivity index (χ1) is 9.70. The molecule has 1 fully saturated rings. The summed E-state index contributed by atoms with van der Waals surface area (Å²) in [7, 11) is 1.48. The van der Waals surface area contributed by atoms with Crippen LogP contribution in [0, 0.1) is 5.82 Å². The highest BCUT2D eigenvalue weighted by molar-refractivity contribution is 5.30. The van der Waals surface area contributed by atoms with Crippen LogP contribution in [0.1, 0.15) is 44.2 Å². The van der Waals surface area contributed by atoms with Crippen molar-refractivity contribution in [2.45, 2.75) is 44.8 Å². The minimum absolute atomic E-state index is 0.124. The Bertz CT molecular complexity index is 419. The lowest BCUT2D eigenvalue weighted by atomic mass is 10.1. The van der Waals surface area contributed by atoms with Crippen molar-refractivity contribution in [3.63, 3.8) is 0 Å². The van der Waals surface area contributed by atoms with Gasteiger partial charge in [-0.3, -0.25) is 0 Å². The predicted molar refractivity (Wildman–Crippen MR) is 77.6 cm³/mol. The van der Waals surface area contributed by atoms with Gasteiger partial charge in [0, 0.05) is 12.6 Å². The summed E-state index contributed by atoms with van der Waals surface area (Å²) in [6, 6.07) is 5.23. The minimum atomic E-state index is -0.311. The Morgan fingerprint density at radius 3 is 2.95 bits per heavy atom. The van der Waals surface area contributed by atoms with Crippen LogP contribution < -0.4 is 10.1 Å². The van der Waals surface area contributed by atoms with Crippen molar-refractivity contribution >= 4 is 0 Å². The molecule has 20 heavy (non-hydrogen) atoms. The average molecular weight is 281 g/mol. The molecule has 3 nitrogen and oxygen atoms in total. The average Bonchev–Trinajstić information content (AvgIpc) is 2.48. The molecule has 4 heteroatoms. The van der Waals surface area contributed by atoms with Crippen LogP contribution in [-0.2, 0) is 4.74 Å². The van der Waals surface area contributed by atoms with E-state index in [1.165, 1.54) is 26.0 Å². The van der Waals surface area contributed by atoms with Crippen molar-refractivity contribution < 1.29 is 13.9 Å². The first kappa shape index (κ1) is 15.3. The lowest BCUT2D eigenvalue weighted by Crippen LogP contribution is -2.27. The molecule has 0 amide bonds. The van der Waals surface area contributed by atoms with E-state index in [0.29, 0.717) is 6.10 Å². The quantitative estimate of drug-likeness (QED) is 0.866. The summed E-state index contributed by atoms with van der Waals surface area (Å²) >= 11 is 0. The third kappa shape index (κ3) is 4.18. The summed E-state index contributed by atoms with van der Waals surface area (Å²) < 4.78 is 24.3. The molecule has 1 N–H and O–H groups in total. The lowest BCUT2D eigenvalue weighted by molar-refractivity contribution is 0.0112. The highest BCUT2D eigenvalue weighted by atomic mass is 19.1. The standard InChI is InChI=1S/C16H24FNO2/c1-12(13-6-7-16(19-2)15(17)11-13)18-9-8-14-5-3-4-10-20-14/h6-7,11-12,14,18H,3-5,8-10H2,1-2H3. The van der Waals surface area contributed by atoms with Gasteiger partial charge in [-0.1, -0.05) is 6.07 Å². The van der Waals surface area contributed by atoms with Crippen LogP contribution in [0.3, 0.4) is 0 Å². The van der Waals surface area contributed by atoms with E-state index in [4.69, 9.17) is 9.47 Å². The van der Waals surface area contributed by atoms with Crippen molar-refractivity contribution in [1.29, 1.82) is 0 Å². The van der Waals surface area contributed by atoms with Crippen molar-refractivity contribution in [3.8, 4) is 5.75 Å². The fourth-order valence-electron chi connectivity index (χ4n) is 2.57. The fraction of sp³-hybridized carbons (Fsp3) is 0.625. The van der Waals surface area contributed by atoms with E-state index in [0.717, 1.165) is 31.6 Å². The van der Waals surface area contributed by atoms with Crippen molar-refractivity contribution in [1.82, 2.24) is 5.32 Å². The topological polar surface area (TPSA) is 30.5 Å². The molecule has 0 aliphatic carbocycles. The molecule has 2 atom stereocenters. The fourth-order valence-corrected chi connectivity index (χ4v) is 2.57. The number of halogens is 1. The summed E-state index contributed by atoms with van der Waals surface area (Å²) in [6.07, 6.45) is 5.02. The van der Waals surface area contributed by atoms with Gasteiger partial charge in [-0.05, 0) is 56.8 Å². The smallest absolute Gasteiger partial charge is 0.165 e. The summed E-state index contributed by atoms with van der Waals surface area (Å²) in [5.74, 6) is -0.0224. The second kappa shape index (κ2) is 7.60. The molecule has 1 saturated heterocycles. The Morgan fingerprint density at radius 1 is 1.45 bits per heavy atom. The SMILES string of the molecule is COc1ccc(C(C)NCCC2CCCCO2)cc1F. The zero-order valence-corrected chi connectivity index (χ0v) is 12.3. The first-order valence-electron chi connectivity index (χ1n) is 7.39. The molecule has 1 aliphatic rings. The van der Waals surface area contributed by atoms with Gasteiger partial charge in [-0.25, -0.2) is 4.39 Å². The maximum Gasteiger partial charge on any atom is 0.165 e. The Morgan fingerprint density at radius 2 is 2.30 bits per heavy atom. The summed E-state index contributed by atoms with van der Waals surface area (Å²) in [4.78, 5) is 0. The van der Waals surface area contributed by atoms with Crippen LogP contribution in [-0.4, -0.2) is 26.4 Å². The van der Waals surface area contributed by atoms with Crippen LogP contribution in [0.4, 0.5) is 4.39 Å². The molecule has 1 aliphatic heterocycles. The Labute approximate surface area is 120 Å². The predicted octanol–water partition coefficient (Wildman–Crippen LogP) is 3.44. The van der Waals surface area contributed by atoms with Gasteiger partial charge in [0.1, 0.15) is 0 Å². The first-order valence-corrected chi connectivity index (χ1v) is 7.39. The molecule has 2 unspecified atom stereocenters. The molecular weight excluding hydrogens is 257 g/mol. The molecule has 2 rings (SSSR count). The maximum atomic E-state index is 13.7. The highest BCUT2D eigenvalue weighted by Gasteiger charge is 2.14. The molecular formula is C16H24FNO2. The second-order valence-corrected chi connectivity index (χ2v) is 5.35.